The lowest BCUT2D eigenvalue weighted by atomic mass is 10.1. The number of hydrogen-bond acceptors (Lipinski definition) is 4. The first kappa shape index (κ1) is 21.8. The molecule has 0 spiro atoms. The number of sulfonamides is 1. The zero-order valence-corrected chi connectivity index (χ0v) is 17.8. The van der Waals surface area contributed by atoms with Crippen LogP contribution in [0.4, 0.5) is 5.69 Å². The van der Waals surface area contributed by atoms with Gasteiger partial charge in [0.25, 0.3) is 0 Å². The summed E-state index contributed by atoms with van der Waals surface area (Å²) in [4.78, 5) is 14.7. The van der Waals surface area contributed by atoms with E-state index < -0.39 is 10.0 Å². The third-order valence-electron chi connectivity index (χ3n) is 4.84. The minimum Gasteiger partial charge on any atom is -0.326 e. The maximum atomic E-state index is 12.3. The molecular formula is C21H26ClN3O3S. The summed E-state index contributed by atoms with van der Waals surface area (Å²) in [6.07, 6.45) is 3.80. The van der Waals surface area contributed by atoms with Gasteiger partial charge in [-0.15, -0.1) is 0 Å². The molecule has 0 radical (unpaired) electrons. The van der Waals surface area contributed by atoms with Gasteiger partial charge in [-0.25, -0.2) is 13.1 Å². The van der Waals surface area contributed by atoms with Gasteiger partial charge in [0, 0.05) is 25.2 Å². The molecule has 2 N–H and O–H groups in total. The van der Waals surface area contributed by atoms with Crippen molar-refractivity contribution in [1.29, 1.82) is 0 Å². The molecule has 1 fully saturated rings. The van der Waals surface area contributed by atoms with Crippen molar-refractivity contribution in [3.63, 3.8) is 0 Å². The van der Waals surface area contributed by atoms with Crippen LogP contribution in [-0.4, -0.2) is 38.9 Å². The molecule has 0 saturated carbocycles. The summed E-state index contributed by atoms with van der Waals surface area (Å²) in [7, 11) is -3.75. The average Bonchev–Trinajstić information content (AvgIpc) is 2.69. The fourth-order valence-corrected chi connectivity index (χ4v) is 4.94. The van der Waals surface area contributed by atoms with Crippen LogP contribution in [0.1, 0.15) is 31.2 Å². The van der Waals surface area contributed by atoms with Crippen LogP contribution in [0.2, 0.25) is 5.02 Å². The van der Waals surface area contributed by atoms with Crippen LogP contribution >= 0.6 is 11.6 Å². The highest BCUT2D eigenvalue weighted by Gasteiger charge is 2.17. The number of likely N-dealkylation sites (tertiary alicyclic amines) is 1. The third kappa shape index (κ3) is 6.54. The van der Waals surface area contributed by atoms with Crippen molar-refractivity contribution in [3.05, 3.63) is 59.1 Å². The van der Waals surface area contributed by atoms with Crippen molar-refractivity contribution in [2.75, 3.05) is 25.0 Å². The minimum atomic E-state index is -3.75. The normalized spacial score (nSPS) is 15.2. The van der Waals surface area contributed by atoms with E-state index in [4.69, 9.17) is 11.6 Å². The highest BCUT2D eigenvalue weighted by atomic mass is 35.5. The first-order valence-corrected chi connectivity index (χ1v) is 11.7. The Morgan fingerprint density at radius 2 is 1.79 bits per heavy atom. The van der Waals surface area contributed by atoms with Crippen LogP contribution in [0.3, 0.4) is 0 Å². The molecule has 0 atom stereocenters. The maximum absolute atomic E-state index is 12.3. The first-order chi connectivity index (χ1) is 13.9. The van der Waals surface area contributed by atoms with Crippen molar-refractivity contribution in [3.8, 4) is 0 Å². The van der Waals surface area contributed by atoms with Crippen LogP contribution in [0.25, 0.3) is 0 Å². The van der Waals surface area contributed by atoms with Gasteiger partial charge in [-0.3, -0.25) is 9.69 Å². The lowest BCUT2D eigenvalue weighted by Crippen LogP contribution is -2.29. The predicted molar refractivity (Wildman–Crippen MR) is 115 cm³/mol. The van der Waals surface area contributed by atoms with E-state index in [-0.39, 0.29) is 28.8 Å². The number of carbonyl (C=O) groups is 1. The Morgan fingerprint density at radius 1 is 1.03 bits per heavy atom. The standard InChI is InChI=1S/C21H26ClN3O3S/c22-19-9-2-3-10-20(19)29(27,28)23-12-11-21(26)24-18-8-6-7-17(15-18)16-25-13-4-1-5-14-25/h2-3,6-10,15,23H,1,4-5,11-14,16H2,(H,24,26). The van der Waals surface area contributed by atoms with Gasteiger partial charge in [0.15, 0.2) is 0 Å². The van der Waals surface area contributed by atoms with E-state index in [2.05, 4.69) is 21.0 Å². The number of benzene rings is 2. The molecule has 8 heteroatoms. The number of rotatable bonds is 8. The molecule has 1 aliphatic rings. The highest BCUT2D eigenvalue weighted by molar-refractivity contribution is 7.89. The van der Waals surface area contributed by atoms with Crippen molar-refractivity contribution < 1.29 is 13.2 Å². The van der Waals surface area contributed by atoms with Crippen molar-refractivity contribution in [1.82, 2.24) is 9.62 Å². The molecule has 6 nitrogen and oxygen atoms in total. The third-order valence-corrected chi connectivity index (χ3v) is 6.80. The van der Waals surface area contributed by atoms with Crippen LogP contribution in [0.15, 0.2) is 53.4 Å². The Balaban J connectivity index is 1.49. The van der Waals surface area contributed by atoms with Gasteiger partial charge in [-0.2, -0.15) is 0 Å². The summed E-state index contributed by atoms with van der Waals surface area (Å²) in [5.74, 6) is -0.248. The molecule has 2 aromatic carbocycles. The van der Waals surface area contributed by atoms with E-state index in [1.165, 1.54) is 31.4 Å². The second kappa shape index (κ2) is 10.2. The van der Waals surface area contributed by atoms with Gasteiger partial charge in [-0.1, -0.05) is 42.3 Å². The fourth-order valence-electron chi connectivity index (χ4n) is 3.39. The van der Waals surface area contributed by atoms with Gasteiger partial charge < -0.3 is 5.32 Å². The first-order valence-electron chi connectivity index (χ1n) is 9.79. The molecule has 0 bridgehead atoms. The molecule has 1 saturated heterocycles. The van der Waals surface area contributed by atoms with E-state index in [0.29, 0.717) is 0 Å². The predicted octanol–water partition coefficient (Wildman–Crippen LogP) is 3.63. The van der Waals surface area contributed by atoms with Crippen molar-refractivity contribution in [2.45, 2.75) is 37.1 Å². The lowest BCUT2D eigenvalue weighted by molar-refractivity contribution is -0.116. The summed E-state index contributed by atoms with van der Waals surface area (Å²) < 4.78 is 27.0. The Bertz CT molecular complexity index is 944. The molecule has 2 aromatic rings. The van der Waals surface area contributed by atoms with Crippen LogP contribution in [0, 0.1) is 0 Å². The Labute approximate surface area is 177 Å². The molecule has 0 unspecified atom stereocenters. The molecule has 0 aromatic heterocycles. The average molecular weight is 436 g/mol. The summed E-state index contributed by atoms with van der Waals surface area (Å²) in [6.45, 7) is 3.10. The van der Waals surface area contributed by atoms with Gasteiger partial charge in [0.05, 0.1) is 5.02 Å². The largest absolute Gasteiger partial charge is 0.326 e. The zero-order valence-electron chi connectivity index (χ0n) is 16.2. The Morgan fingerprint density at radius 3 is 2.55 bits per heavy atom. The van der Waals surface area contributed by atoms with Crippen molar-refractivity contribution in [2.24, 2.45) is 0 Å². The number of hydrogen-bond donors (Lipinski definition) is 2. The summed E-state index contributed by atoms with van der Waals surface area (Å²) in [5.41, 5.74) is 1.88. The highest BCUT2D eigenvalue weighted by Crippen LogP contribution is 2.20. The van der Waals surface area contributed by atoms with E-state index in [0.717, 1.165) is 30.9 Å². The van der Waals surface area contributed by atoms with E-state index in [9.17, 15) is 13.2 Å². The molecule has 1 heterocycles. The number of nitrogens with one attached hydrogen (secondary N) is 2. The topological polar surface area (TPSA) is 78.5 Å². The van der Waals surface area contributed by atoms with Crippen LogP contribution in [0.5, 0.6) is 0 Å². The SMILES string of the molecule is O=C(CCNS(=O)(=O)c1ccccc1Cl)Nc1cccc(CN2CCCCC2)c1. The molecule has 1 amide bonds. The summed E-state index contributed by atoms with van der Waals surface area (Å²) in [5, 5.41) is 2.99. The van der Waals surface area contributed by atoms with Gasteiger partial charge in [-0.05, 0) is 55.8 Å². The molecular weight excluding hydrogens is 410 g/mol. The molecule has 0 aliphatic carbocycles. The smallest absolute Gasteiger partial charge is 0.242 e. The second-order valence-corrected chi connectivity index (χ2v) is 9.31. The number of carbonyl (C=O) groups excluding carboxylic acids is 1. The Kier molecular flexibility index (Phi) is 7.66. The van der Waals surface area contributed by atoms with Gasteiger partial charge >= 0.3 is 0 Å². The number of amides is 1. The van der Waals surface area contributed by atoms with E-state index >= 15 is 0 Å². The number of piperidine rings is 1. The van der Waals surface area contributed by atoms with Crippen LogP contribution < -0.4 is 10.0 Å². The number of anilines is 1. The lowest BCUT2D eigenvalue weighted by Gasteiger charge is -2.26. The quantitative estimate of drug-likeness (QED) is 0.663. The molecule has 156 valence electrons. The minimum absolute atomic E-state index is 0.00693. The second-order valence-electron chi connectivity index (χ2n) is 7.16. The van der Waals surface area contributed by atoms with E-state index in [1.54, 1.807) is 12.1 Å². The van der Waals surface area contributed by atoms with E-state index in [1.807, 2.05) is 18.2 Å². The molecule has 3 rings (SSSR count). The number of halogens is 1. The maximum Gasteiger partial charge on any atom is 0.242 e. The monoisotopic (exact) mass is 435 g/mol. The fraction of sp³-hybridized carbons (Fsp3) is 0.381. The summed E-state index contributed by atoms with van der Waals surface area (Å²) in [6, 6.07) is 14.0. The van der Waals surface area contributed by atoms with Gasteiger partial charge in [0.2, 0.25) is 15.9 Å². The van der Waals surface area contributed by atoms with Gasteiger partial charge in [0.1, 0.15) is 4.90 Å². The zero-order chi connectivity index (χ0) is 20.7. The van der Waals surface area contributed by atoms with Crippen molar-refractivity contribution >= 4 is 33.2 Å². The Hall–Kier alpha value is -1.93. The molecule has 29 heavy (non-hydrogen) atoms. The number of nitrogens with zero attached hydrogens (tertiary/aromatic N) is 1. The summed E-state index contributed by atoms with van der Waals surface area (Å²) >= 11 is 5.94. The molecule has 1 aliphatic heterocycles. The van der Waals surface area contributed by atoms with Crippen LogP contribution in [-0.2, 0) is 21.4 Å².